The maximum Gasteiger partial charge on any atom is 0.255 e. The number of hydrogen-bond acceptors (Lipinski definition) is 7. The third-order valence-corrected chi connectivity index (χ3v) is 7.00. The van der Waals surface area contributed by atoms with Gasteiger partial charge in [-0.15, -0.1) is 10.2 Å². The Balaban J connectivity index is 1.06. The highest BCUT2D eigenvalue weighted by atomic mass is 16.1. The number of aromatic amines is 1. The van der Waals surface area contributed by atoms with Crippen molar-refractivity contribution in [1.82, 2.24) is 40.1 Å². The van der Waals surface area contributed by atoms with Crippen molar-refractivity contribution in [2.75, 3.05) is 0 Å². The van der Waals surface area contributed by atoms with Crippen LogP contribution in [0.1, 0.15) is 55.1 Å². The summed E-state index contributed by atoms with van der Waals surface area (Å²) in [5.41, 5.74) is 3.57. The van der Waals surface area contributed by atoms with E-state index in [1.165, 1.54) is 43.7 Å². The minimum Gasteiger partial charge on any atom is -0.283 e. The lowest BCUT2D eigenvalue weighted by molar-refractivity contribution is 0.476. The smallest absolute Gasteiger partial charge is 0.255 e. The first kappa shape index (κ1) is 20.8. The van der Waals surface area contributed by atoms with Crippen LogP contribution in [-0.2, 0) is 12.8 Å². The molecule has 0 aromatic carbocycles. The number of nitrogens with zero attached hydrogens (tertiary/aromatic N) is 7. The Bertz CT molecular complexity index is 1310. The molecule has 9 nitrogen and oxygen atoms in total. The molecule has 2 aliphatic rings. The average molecular weight is 455 g/mol. The van der Waals surface area contributed by atoms with Crippen molar-refractivity contribution in [3.63, 3.8) is 0 Å². The van der Waals surface area contributed by atoms with Crippen LogP contribution in [0.25, 0.3) is 17.1 Å². The van der Waals surface area contributed by atoms with Crippen molar-refractivity contribution >= 4 is 0 Å². The predicted octanol–water partition coefficient (Wildman–Crippen LogP) is 3.28. The second kappa shape index (κ2) is 8.89. The fourth-order valence-corrected chi connectivity index (χ4v) is 5.00. The van der Waals surface area contributed by atoms with E-state index in [1.54, 1.807) is 23.0 Å². The molecular weight excluding hydrogens is 428 g/mol. The van der Waals surface area contributed by atoms with Crippen LogP contribution in [0.5, 0.6) is 0 Å². The van der Waals surface area contributed by atoms with Gasteiger partial charge in [0.1, 0.15) is 5.82 Å². The molecule has 2 saturated carbocycles. The number of rotatable bonds is 7. The highest BCUT2D eigenvalue weighted by molar-refractivity contribution is 5.53. The molecule has 1 N–H and O–H groups in total. The number of tetrazole rings is 1. The van der Waals surface area contributed by atoms with E-state index in [0.29, 0.717) is 29.1 Å². The maximum atomic E-state index is 12.6. The molecule has 4 heterocycles. The third kappa shape index (κ3) is 4.50. The predicted molar refractivity (Wildman–Crippen MR) is 125 cm³/mol. The normalized spacial score (nSPS) is 20.0. The number of hydrogen-bond donors (Lipinski definition) is 1. The molecular formula is C25H26N8O. The molecule has 0 spiro atoms. The maximum absolute atomic E-state index is 12.6. The summed E-state index contributed by atoms with van der Waals surface area (Å²) in [6.07, 6.45) is 15.7. The van der Waals surface area contributed by atoms with Crippen LogP contribution in [-0.4, -0.2) is 40.1 Å². The van der Waals surface area contributed by atoms with Gasteiger partial charge in [0.25, 0.3) is 5.56 Å². The van der Waals surface area contributed by atoms with Crippen LogP contribution >= 0.6 is 0 Å². The van der Waals surface area contributed by atoms with Gasteiger partial charge in [-0.3, -0.25) is 14.3 Å². The van der Waals surface area contributed by atoms with Gasteiger partial charge in [-0.05, 0) is 85.3 Å². The first-order valence-corrected chi connectivity index (χ1v) is 11.9. The first-order chi connectivity index (χ1) is 16.7. The third-order valence-electron chi connectivity index (χ3n) is 7.00. The van der Waals surface area contributed by atoms with Crippen LogP contribution in [0.2, 0.25) is 0 Å². The van der Waals surface area contributed by atoms with E-state index in [-0.39, 0.29) is 5.56 Å². The second-order valence-corrected chi connectivity index (χ2v) is 9.53. The van der Waals surface area contributed by atoms with Crippen molar-refractivity contribution in [1.29, 1.82) is 0 Å². The van der Waals surface area contributed by atoms with Crippen molar-refractivity contribution < 1.29 is 0 Å². The van der Waals surface area contributed by atoms with E-state index in [2.05, 4.69) is 35.6 Å². The van der Waals surface area contributed by atoms with E-state index < -0.39 is 0 Å². The molecule has 0 bridgehead atoms. The topological polar surface area (TPSA) is 115 Å². The Morgan fingerprint density at radius 3 is 2.44 bits per heavy atom. The van der Waals surface area contributed by atoms with Crippen LogP contribution in [0.3, 0.4) is 0 Å². The van der Waals surface area contributed by atoms with Crippen molar-refractivity contribution in [3.05, 3.63) is 76.5 Å². The summed E-state index contributed by atoms with van der Waals surface area (Å²) in [6.45, 7) is 0. The first-order valence-electron chi connectivity index (χ1n) is 11.9. The lowest BCUT2D eigenvalue weighted by Gasteiger charge is -2.12. The summed E-state index contributed by atoms with van der Waals surface area (Å²) >= 11 is 0. The monoisotopic (exact) mass is 454 g/mol. The zero-order valence-corrected chi connectivity index (χ0v) is 18.8. The Kier molecular flexibility index (Phi) is 5.44. The summed E-state index contributed by atoms with van der Waals surface area (Å²) in [4.78, 5) is 26.5. The zero-order chi connectivity index (χ0) is 22.9. The molecule has 4 aromatic heterocycles. The molecule has 0 unspecified atom stereocenters. The lowest BCUT2D eigenvalue weighted by Crippen LogP contribution is -2.17. The molecule has 172 valence electrons. The van der Waals surface area contributed by atoms with E-state index in [0.717, 1.165) is 30.0 Å². The standard InChI is InChI=1S/C25H26N8O/c34-24-12-19(25-29-31-32-30-25)7-8-33(24)22-6-5-21(26-15-22)10-16-1-2-17(9-16)11-23-27-13-20(14-28-23)18-3-4-18/h5-8,12-18H,1-4,9-11H2,(H,29,30,31,32)/t16-,17-/m0/s1. The molecule has 0 saturated heterocycles. The van der Waals surface area contributed by atoms with Crippen LogP contribution in [0, 0.1) is 11.8 Å². The highest BCUT2D eigenvalue weighted by Gasteiger charge is 2.27. The molecule has 0 amide bonds. The summed E-state index contributed by atoms with van der Waals surface area (Å²) < 4.78 is 1.57. The number of aromatic nitrogens is 8. The highest BCUT2D eigenvalue weighted by Crippen LogP contribution is 2.39. The molecule has 2 atom stereocenters. The van der Waals surface area contributed by atoms with Crippen LogP contribution < -0.4 is 5.56 Å². The minimum absolute atomic E-state index is 0.164. The van der Waals surface area contributed by atoms with Gasteiger partial charge in [0, 0.05) is 42.3 Å². The number of H-pyrrole nitrogens is 1. The SMILES string of the molecule is O=c1cc(-c2nn[nH]n2)ccn1-c1ccc(C[C@H]2CC[C@H](Cc3ncc(C4CC4)cn3)C2)nc1. The van der Waals surface area contributed by atoms with E-state index in [9.17, 15) is 4.79 Å². The lowest BCUT2D eigenvalue weighted by atomic mass is 9.97. The van der Waals surface area contributed by atoms with Gasteiger partial charge in [-0.2, -0.15) is 5.21 Å². The molecule has 9 heteroatoms. The van der Waals surface area contributed by atoms with Crippen molar-refractivity contribution in [2.45, 2.75) is 50.9 Å². The van der Waals surface area contributed by atoms with Gasteiger partial charge in [0.15, 0.2) is 0 Å². The Morgan fingerprint density at radius 1 is 0.941 bits per heavy atom. The zero-order valence-electron chi connectivity index (χ0n) is 18.8. The summed E-state index contributed by atoms with van der Waals surface area (Å²) in [6, 6.07) is 7.28. The molecule has 6 rings (SSSR count). The molecule has 2 fully saturated rings. The van der Waals surface area contributed by atoms with Gasteiger partial charge in [0.05, 0.1) is 11.9 Å². The van der Waals surface area contributed by atoms with Crippen LogP contribution in [0.4, 0.5) is 0 Å². The van der Waals surface area contributed by atoms with E-state index in [1.807, 2.05) is 24.5 Å². The minimum atomic E-state index is -0.164. The Labute approximate surface area is 196 Å². The van der Waals surface area contributed by atoms with Gasteiger partial charge in [0.2, 0.25) is 5.82 Å². The van der Waals surface area contributed by atoms with E-state index >= 15 is 0 Å². The van der Waals surface area contributed by atoms with Gasteiger partial charge >= 0.3 is 0 Å². The van der Waals surface area contributed by atoms with Crippen LogP contribution in [0.15, 0.2) is 53.8 Å². The summed E-state index contributed by atoms with van der Waals surface area (Å²) in [5.74, 6) is 3.36. The Hall–Kier alpha value is -3.75. The van der Waals surface area contributed by atoms with Crippen molar-refractivity contribution in [2.24, 2.45) is 11.8 Å². The largest absolute Gasteiger partial charge is 0.283 e. The van der Waals surface area contributed by atoms with Gasteiger partial charge < -0.3 is 0 Å². The molecule has 0 radical (unpaired) electrons. The number of pyridine rings is 2. The van der Waals surface area contributed by atoms with Gasteiger partial charge in [-0.25, -0.2) is 9.97 Å². The fraction of sp³-hybridized carbons (Fsp3) is 0.400. The average Bonchev–Trinajstić information content (AvgIpc) is 3.37. The van der Waals surface area contributed by atoms with E-state index in [4.69, 9.17) is 0 Å². The summed E-state index contributed by atoms with van der Waals surface area (Å²) in [5, 5.41) is 13.8. The summed E-state index contributed by atoms with van der Waals surface area (Å²) in [7, 11) is 0. The molecule has 2 aliphatic carbocycles. The quantitative estimate of drug-likeness (QED) is 0.456. The molecule has 34 heavy (non-hydrogen) atoms. The Morgan fingerprint density at radius 2 is 1.76 bits per heavy atom. The molecule has 4 aromatic rings. The number of nitrogens with one attached hydrogen (secondary N) is 1. The second-order valence-electron chi connectivity index (χ2n) is 9.53. The van der Waals surface area contributed by atoms with Gasteiger partial charge in [-0.1, -0.05) is 0 Å². The van der Waals surface area contributed by atoms with Crippen molar-refractivity contribution in [3.8, 4) is 17.1 Å². The molecule has 0 aliphatic heterocycles. The fourth-order valence-electron chi connectivity index (χ4n) is 5.00.